The summed E-state index contributed by atoms with van der Waals surface area (Å²) in [6, 6.07) is 7.55. The van der Waals surface area contributed by atoms with E-state index in [0.717, 1.165) is 20.7 Å². The van der Waals surface area contributed by atoms with Crippen molar-refractivity contribution in [1.82, 2.24) is 9.97 Å². The van der Waals surface area contributed by atoms with Crippen LogP contribution in [0.2, 0.25) is 0 Å². The summed E-state index contributed by atoms with van der Waals surface area (Å²) < 4.78 is 13.9. The molecule has 3 aromatic rings. The Labute approximate surface area is 146 Å². The van der Waals surface area contributed by atoms with Crippen LogP contribution in [0, 0.1) is 5.82 Å². The molecule has 25 heavy (non-hydrogen) atoms. The van der Waals surface area contributed by atoms with E-state index in [1.807, 2.05) is 6.07 Å². The Kier molecular flexibility index (Phi) is 3.85. The Morgan fingerprint density at radius 3 is 2.80 bits per heavy atom. The maximum atomic E-state index is 13.1. The van der Waals surface area contributed by atoms with Crippen LogP contribution in [-0.2, 0) is 4.79 Å². The molecule has 0 radical (unpaired) electrons. The number of hydrogen-bond donors (Lipinski definition) is 2. The third-order valence-corrected chi connectivity index (χ3v) is 5.47. The first kappa shape index (κ1) is 15.9. The summed E-state index contributed by atoms with van der Waals surface area (Å²) in [5, 5.41) is 9.94. The number of aliphatic hydroxyl groups excluding tert-OH is 1. The van der Waals surface area contributed by atoms with Crippen molar-refractivity contribution in [3.63, 3.8) is 0 Å². The van der Waals surface area contributed by atoms with Crippen LogP contribution in [0.25, 0.3) is 20.7 Å². The summed E-state index contributed by atoms with van der Waals surface area (Å²) in [6.45, 7) is 0.295. The molecule has 2 atom stereocenters. The zero-order chi connectivity index (χ0) is 17.6. The highest BCUT2D eigenvalue weighted by Crippen LogP contribution is 2.38. The first-order valence-electron chi connectivity index (χ1n) is 7.77. The summed E-state index contributed by atoms with van der Waals surface area (Å²) in [4.78, 5) is 23.0. The molecule has 1 aliphatic rings. The Morgan fingerprint density at radius 1 is 1.32 bits per heavy atom. The fourth-order valence-electron chi connectivity index (χ4n) is 3.12. The largest absolute Gasteiger partial charge is 0.391 e. The third kappa shape index (κ3) is 2.83. The number of nitrogens with two attached hydrogens (primary N) is 1. The lowest BCUT2D eigenvalue weighted by atomic mass is 10.2. The van der Waals surface area contributed by atoms with Gasteiger partial charge in [-0.05, 0) is 23.8 Å². The predicted octanol–water partition coefficient (Wildman–Crippen LogP) is 1.92. The number of β-amino-alcohol motifs (C(OH)–C–C–N with tert-alkyl or cyclic N) is 1. The summed E-state index contributed by atoms with van der Waals surface area (Å²) in [5.74, 6) is -0.192. The van der Waals surface area contributed by atoms with Gasteiger partial charge in [0.25, 0.3) is 0 Å². The molecule has 0 aliphatic carbocycles. The molecule has 3 heterocycles. The molecule has 1 saturated heterocycles. The van der Waals surface area contributed by atoms with Gasteiger partial charge in [-0.1, -0.05) is 12.1 Å². The minimum Gasteiger partial charge on any atom is -0.391 e. The van der Waals surface area contributed by atoms with Crippen LogP contribution in [0.5, 0.6) is 0 Å². The highest BCUT2D eigenvalue weighted by atomic mass is 32.1. The van der Waals surface area contributed by atoms with E-state index >= 15 is 0 Å². The minimum atomic E-state index is -0.626. The van der Waals surface area contributed by atoms with E-state index in [-0.39, 0.29) is 12.2 Å². The van der Waals surface area contributed by atoms with Crippen molar-refractivity contribution in [3.8, 4) is 10.4 Å². The van der Waals surface area contributed by atoms with Crippen molar-refractivity contribution in [1.29, 1.82) is 0 Å². The molecule has 6 nitrogen and oxygen atoms in total. The van der Waals surface area contributed by atoms with E-state index < -0.39 is 18.1 Å². The minimum absolute atomic E-state index is 0.289. The topological polar surface area (TPSA) is 92.3 Å². The van der Waals surface area contributed by atoms with Gasteiger partial charge in [0.1, 0.15) is 18.2 Å². The van der Waals surface area contributed by atoms with Crippen LogP contribution >= 0.6 is 11.3 Å². The molecule has 0 spiro atoms. The molecule has 0 unspecified atom stereocenters. The molecule has 0 saturated carbocycles. The number of rotatable bonds is 3. The number of fused-ring (bicyclic) bond motifs is 1. The standard InChI is InChI=1S/C17H15FN4O2S/c18-10-3-1-9(2-4-10)14-6-12-15(25-14)17(21-8-20-12)22-7-11(23)5-13(22)16(19)24/h1-4,6,8,11,13,23H,5,7H2,(H2,19,24)/t11-,13+/m1/s1. The number of aliphatic hydroxyl groups is 1. The fraction of sp³-hybridized carbons (Fsp3) is 0.235. The summed E-state index contributed by atoms with van der Waals surface area (Å²) in [7, 11) is 0. The zero-order valence-corrected chi connectivity index (χ0v) is 13.9. The van der Waals surface area contributed by atoms with Gasteiger partial charge in [-0.3, -0.25) is 4.79 Å². The van der Waals surface area contributed by atoms with E-state index in [2.05, 4.69) is 9.97 Å². The summed E-state index contributed by atoms with van der Waals surface area (Å²) >= 11 is 1.46. The van der Waals surface area contributed by atoms with Crippen LogP contribution in [0.3, 0.4) is 0 Å². The number of thiophene rings is 1. The van der Waals surface area contributed by atoms with Crippen molar-refractivity contribution in [2.75, 3.05) is 11.4 Å². The normalized spacial score (nSPS) is 20.3. The molecular formula is C17H15FN4O2S. The number of anilines is 1. The second kappa shape index (κ2) is 6.05. The van der Waals surface area contributed by atoms with Crippen LogP contribution in [0.1, 0.15) is 6.42 Å². The molecule has 0 bridgehead atoms. The lowest BCUT2D eigenvalue weighted by Gasteiger charge is -2.23. The second-order valence-electron chi connectivity index (χ2n) is 5.99. The molecule has 1 aromatic carbocycles. The lowest BCUT2D eigenvalue weighted by Crippen LogP contribution is -2.40. The maximum Gasteiger partial charge on any atom is 0.240 e. The monoisotopic (exact) mass is 358 g/mol. The average Bonchev–Trinajstić information content (AvgIpc) is 3.18. The molecule has 4 rings (SSSR count). The zero-order valence-electron chi connectivity index (χ0n) is 13.1. The Balaban J connectivity index is 1.80. The number of nitrogens with zero attached hydrogens (tertiary/aromatic N) is 3. The van der Waals surface area contributed by atoms with Crippen LogP contribution in [0.15, 0.2) is 36.7 Å². The molecule has 1 amide bonds. The highest BCUT2D eigenvalue weighted by Gasteiger charge is 2.36. The van der Waals surface area contributed by atoms with Crippen molar-refractivity contribution < 1.29 is 14.3 Å². The first-order valence-corrected chi connectivity index (χ1v) is 8.59. The van der Waals surface area contributed by atoms with Crippen molar-refractivity contribution in [2.24, 2.45) is 5.73 Å². The molecule has 8 heteroatoms. The van der Waals surface area contributed by atoms with Crippen molar-refractivity contribution >= 4 is 33.3 Å². The number of benzene rings is 1. The Bertz CT molecular complexity index is 943. The molecule has 1 aliphatic heterocycles. The van der Waals surface area contributed by atoms with Crippen LogP contribution < -0.4 is 10.6 Å². The quantitative estimate of drug-likeness (QED) is 0.746. The Morgan fingerprint density at radius 2 is 2.08 bits per heavy atom. The summed E-state index contributed by atoms with van der Waals surface area (Å²) in [6.07, 6.45) is 1.09. The second-order valence-corrected chi connectivity index (χ2v) is 7.04. The fourth-order valence-corrected chi connectivity index (χ4v) is 4.24. The molecule has 2 aromatic heterocycles. The molecule has 1 fully saturated rings. The first-order chi connectivity index (χ1) is 12.0. The van der Waals surface area contributed by atoms with Gasteiger partial charge >= 0.3 is 0 Å². The number of amides is 1. The SMILES string of the molecule is NC(=O)[C@@H]1C[C@@H](O)CN1c1ncnc2cc(-c3ccc(F)cc3)sc12. The van der Waals surface area contributed by atoms with Crippen LogP contribution in [0.4, 0.5) is 10.2 Å². The van der Waals surface area contributed by atoms with Crippen molar-refractivity contribution in [2.45, 2.75) is 18.6 Å². The van der Waals surface area contributed by atoms with Gasteiger partial charge in [0.15, 0.2) is 5.82 Å². The number of aromatic nitrogens is 2. The van der Waals surface area contributed by atoms with E-state index in [1.54, 1.807) is 17.0 Å². The number of primary amides is 1. The van der Waals surface area contributed by atoms with Gasteiger partial charge in [-0.15, -0.1) is 11.3 Å². The number of carbonyl (C=O) groups is 1. The third-order valence-electron chi connectivity index (χ3n) is 4.30. The predicted molar refractivity (Wildman–Crippen MR) is 93.8 cm³/mol. The average molecular weight is 358 g/mol. The van der Waals surface area contributed by atoms with E-state index in [1.165, 1.54) is 29.8 Å². The van der Waals surface area contributed by atoms with Gasteiger partial charge in [-0.2, -0.15) is 0 Å². The van der Waals surface area contributed by atoms with E-state index in [4.69, 9.17) is 5.73 Å². The van der Waals surface area contributed by atoms with Gasteiger partial charge in [0.2, 0.25) is 5.91 Å². The molecule has 3 N–H and O–H groups in total. The Hall–Kier alpha value is -2.58. The number of carbonyl (C=O) groups excluding carboxylic acids is 1. The number of halogens is 1. The van der Waals surface area contributed by atoms with E-state index in [0.29, 0.717) is 12.4 Å². The smallest absolute Gasteiger partial charge is 0.240 e. The molecular weight excluding hydrogens is 343 g/mol. The maximum absolute atomic E-state index is 13.1. The molecule has 128 valence electrons. The van der Waals surface area contributed by atoms with Gasteiger partial charge < -0.3 is 15.7 Å². The van der Waals surface area contributed by atoms with Gasteiger partial charge in [0.05, 0.1) is 16.3 Å². The number of hydrogen-bond acceptors (Lipinski definition) is 6. The lowest BCUT2D eigenvalue weighted by molar-refractivity contribution is -0.119. The van der Waals surface area contributed by atoms with Crippen LogP contribution in [-0.4, -0.2) is 39.7 Å². The van der Waals surface area contributed by atoms with Crippen molar-refractivity contribution in [3.05, 3.63) is 42.5 Å². The van der Waals surface area contributed by atoms with Gasteiger partial charge in [0, 0.05) is 17.8 Å². The summed E-state index contributed by atoms with van der Waals surface area (Å²) in [5.41, 5.74) is 7.09. The van der Waals surface area contributed by atoms with E-state index in [9.17, 15) is 14.3 Å². The van der Waals surface area contributed by atoms with Gasteiger partial charge in [-0.25, -0.2) is 14.4 Å². The highest BCUT2D eigenvalue weighted by molar-refractivity contribution is 7.22.